The summed E-state index contributed by atoms with van der Waals surface area (Å²) >= 11 is 0. The summed E-state index contributed by atoms with van der Waals surface area (Å²) in [6.07, 6.45) is 2.76. The van der Waals surface area contributed by atoms with Crippen LogP contribution in [0.25, 0.3) is 0 Å². The van der Waals surface area contributed by atoms with Crippen molar-refractivity contribution in [2.75, 3.05) is 39.3 Å². The van der Waals surface area contributed by atoms with E-state index in [4.69, 9.17) is 9.73 Å². The summed E-state index contributed by atoms with van der Waals surface area (Å²) in [6, 6.07) is 8.77. The highest BCUT2D eigenvalue weighted by Gasteiger charge is 2.31. The number of aliphatic imine (C=N–C) groups is 1. The van der Waals surface area contributed by atoms with Gasteiger partial charge in [0.05, 0.1) is 19.1 Å². The largest absolute Gasteiger partial charge is 0.466 e. The van der Waals surface area contributed by atoms with Gasteiger partial charge >= 0.3 is 5.97 Å². The molecule has 0 aliphatic carbocycles. The van der Waals surface area contributed by atoms with Crippen molar-refractivity contribution in [2.45, 2.75) is 59.0 Å². The normalized spacial score (nSPS) is 18.2. The number of piperidine rings is 1. The lowest BCUT2D eigenvalue weighted by atomic mass is 9.94. The molecule has 2 aliphatic heterocycles. The molecule has 3 rings (SSSR count). The van der Waals surface area contributed by atoms with E-state index in [0.29, 0.717) is 6.61 Å². The highest BCUT2D eigenvalue weighted by Crippen LogP contribution is 2.26. The van der Waals surface area contributed by atoms with Crippen molar-refractivity contribution < 1.29 is 9.53 Å². The molecular formula is C24H39IN4O2. The van der Waals surface area contributed by atoms with Crippen LogP contribution in [0.2, 0.25) is 0 Å². The van der Waals surface area contributed by atoms with Crippen LogP contribution in [0.5, 0.6) is 0 Å². The number of carbonyl (C=O) groups excluding carboxylic acids is 1. The minimum atomic E-state index is -0.0504. The zero-order valence-electron chi connectivity index (χ0n) is 19.5. The standard InChI is InChI=1S/C24H38N4O2.HI/c1-5-25-23(27-14-11-20(12-15-27)22(29)30-6-2)26-18-24(3,4)28-16-13-19-9-7-8-10-21(19)17-28;/h7-10,20H,5-6,11-18H2,1-4H3,(H,25,26);1H. The molecule has 0 spiro atoms. The first-order chi connectivity index (χ1) is 14.4. The fourth-order valence-electron chi connectivity index (χ4n) is 4.39. The van der Waals surface area contributed by atoms with Gasteiger partial charge < -0.3 is 15.0 Å². The number of hydrogen-bond acceptors (Lipinski definition) is 4. The van der Waals surface area contributed by atoms with E-state index in [9.17, 15) is 4.79 Å². The molecular weight excluding hydrogens is 503 g/mol. The van der Waals surface area contributed by atoms with Crippen LogP contribution in [0.3, 0.4) is 0 Å². The summed E-state index contributed by atoms with van der Waals surface area (Å²) in [6.45, 7) is 14.3. The molecule has 7 heteroatoms. The molecule has 1 saturated heterocycles. The molecule has 2 heterocycles. The highest BCUT2D eigenvalue weighted by atomic mass is 127. The van der Waals surface area contributed by atoms with E-state index in [2.05, 4.69) is 60.2 Å². The molecule has 0 aromatic heterocycles. The van der Waals surface area contributed by atoms with E-state index in [1.165, 1.54) is 11.1 Å². The Balaban J connectivity index is 0.00000341. The Morgan fingerprint density at radius 1 is 1.16 bits per heavy atom. The van der Waals surface area contributed by atoms with Crippen LogP contribution in [0, 0.1) is 5.92 Å². The number of fused-ring (bicyclic) bond motifs is 1. The van der Waals surface area contributed by atoms with Gasteiger partial charge in [-0.25, -0.2) is 0 Å². The van der Waals surface area contributed by atoms with E-state index in [1.54, 1.807) is 0 Å². The van der Waals surface area contributed by atoms with E-state index in [0.717, 1.165) is 64.5 Å². The molecule has 0 bridgehead atoms. The molecule has 0 radical (unpaired) electrons. The van der Waals surface area contributed by atoms with Crippen LogP contribution < -0.4 is 5.32 Å². The lowest BCUT2D eigenvalue weighted by Crippen LogP contribution is -2.50. The van der Waals surface area contributed by atoms with E-state index >= 15 is 0 Å². The van der Waals surface area contributed by atoms with Crippen molar-refractivity contribution in [3.05, 3.63) is 35.4 Å². The van der Waals surface area contributed by atoms with Gasteiger partial charge in [-0.1, -0.05) is 24.3 Å². The number of likely N-dealkylation sites (tertiary alicyclic amines) is 1. The molecule has 6 nitrogen and oxygen atoms in total. The number of ether oxygens (including phenoxy) is 1. The lowest BCUT2D eigenvalue weighted by molar-refractivity contribution is -0.149. The first-order valence-electron chi connectivity index (χ1n) is 11.5. The number of esters is 1. The van der Waals surface area contributed by atoms with Crippen molar-refractivity contribution in [3.8, 4) is 0 Å². The Morgan fingerprint density at radius 3 is 2.48 bits per heavy atom. The van der Waals surface area contributed by atoms with Crippen LogP contribution in [0.15, 0.2) is 29.3 Å². The summed E-state index contributed by atoms with van der Waals surface area (Å²) < 4.78 is 5.20. The topological polar surface area (TPSA) is 57.2 Å². The van der Waals surface area contributed by atoms with Crippen molar-refractivity contribution in [1.82, 2.24) is 15.1 Å². The molecule has 1 aromatic rings. The molecule has 1 aromatic carbocycles. The summed E-state index contributed by atoms with van der Waals surface area (Å²) in [5, 5.41) is 3.45. The van der Waals surface area contributed by atoms with Crippen LogP contribution in [-0.2, 0) is 22.5 Å². The second-order valence-electron chi connectivity index (χ2n) is 8.94. The maximum Gasteiger partial charge on any atom is 0.309 e. The van der Waals surface area contributed by atoms with E-state index < -0.39 is 0 Å². The second-order valence-corrected chi connectivity index (χ2v) is 8.94. The minimum absolute atomic E-state index is 0. The van der Waals surface area contributed by atoms with Crippen molar-refractivity contribution >= 4 is 35.9 Å². The Labute approximate surface area is 204 Å². The molecule has 0 saturated carbocycles. The summed E-state index contributed by atoms with van der Waals surface area (Å²) in [4.78, 5) is 21.9. The van der Waals surface area contributed by atoms with Crippen LogP contribution in [0.4, 0.5) is 0 Å². The van der Waals surface area contributed by atoms with Crippen molar-refractivity contribution in [1.29, 1.82) is 0 Å². The predicted molar refractivity (Wildman–Crippen MR) is 137 cm³/mol. The second kappa shape index (κ2) is 12.0. The van der Waals surface area contributed by atoms with Gasteiger partial charge in [-0.15, -0.1) is 24.0 Å². The molecule has 1 N–H and O–H groups in total. The number of hydrogen-bond donors (Lipinski definition) is 1. The maximum absolute atomic E-state index is 12.0. The zero-order chi connectivity index (χ0) is 21.6. The monoisotopic (exact) mass is 542 g/mol. The first kappa shape index (κ1) is 25.9. The van der Waals surface area contributed by atoms with E-state index in [1.807, 2.05) is 6.92 Å². The van der Waals surface area contributed by atoms with Gasteiger partial charge in [-0.2, -0.15) is 0 Å². The fourth-order valence-corrected chi connectivity index (χ4v) is 4.39. The van der Waals surface area contributed by atoms with E-state index in [-0.39, 0.29) is 41.4 Å². The number of rotatable bonds is 6. The number of halogens is 1. The number of nitrogens with zero attached hydrogens (tertiary/aromatic N) is 3. The van der Waals surface area contributed by atoms with Gasteiger partial charge in [0, 0.05) is 38.3 Å². The Hall–Kier alpha value is -1.35. The molecule has 2 aliphatic rings. The maximum atomic E-state index is 12.0. The Bertz CT molecular complexity index is 745. The number of benzene rings is 1. The summed E-state index contributed by atoms with van der Waals surface area (Å²) in [5.41, 5.74) is 2.90. The average Bonchev–Trinajstić information content (AvgIpc) is 2.76. The fraction of sp³-hybridized carbons (Fsp3) is 0.667. The van der Waals surface area contributed by atoms with Crippen LogP contribution in [0.1, 0.15) is 51.7 Å². The van der Waals surface area contributed by atoms with Gasteiger partial charge in [0.25, 0.3) is 0 Å². The first-order valence-corrected chi connectivity index (χ1v) is 11.5. The highest BCUT2D eigenvalue weighted by molar-refractivity contribution is 14.0. The van der Waals surface area contributed by atoms with Gasteiger partial charge in [-0.05, 0) is 58.1 Å². The molecule has 0 unspecified atom stereocenters. The smallest absolute Gasteiger partial charge is 0.309 e. The lowest BCUT2D eigenvalue weighted by Gasteiger charge is -2.41. The predicted octanol–water partition coefficient (Wildman–Crippen LogP) is 3.68. The Morgan fingerprint density at radius 2 is 1.84 bits per heavy atom. The summed E-state index contributed by atoms with van der Waals surface area (Å²) in [5.74, 6) is 0.935. The third kappa shape index (κ3) is 6.81. The number of guanidine groups is 1. The quantitative estimate of drug-likeness (QED) is 0.257. The average molecular weight is 543 g/mol. The van der Waals surface area contributed by atoms with Gasteiger partial charge in [0.1, 0.15) is 0 Å². The Kier molecular flexibility index (Phi) is 10.1. The third-order valence-electron chi connectivity index (χ3n) is 6.35. The molecule has 1 fully saturated rings. The number of nitrogens with one attached hydrogen (secondary N) is 1. The molecule has 31 heavy (non-hydrogen) atoms. The molecule has 174 valence electrons. The van der Waals surface area contributed by atoms with Gasteiger partial charge in [0.15, 0.2) is 5.96 Å². The van der Waals surface area contributed by atoms with Crippen molar-refractivity contribution in [2.24, 2.45) is 10.9 Å². The van der Waals surface area contributed by atoms with Gasteiger partial charge in [0.2, 0.25) is 0 Å². The third-order valence-corrected chi connectivity index (χ3v) is 6.35. The molecule has 0 atom stereocenters. The van der Waals surface area contributed by atoms with Crippen LogP contribution in [-0.4, -0.2) is 66.6 Å². The van der Waals surface area contributed by atoms with Crippen LogP contribution >= 0.6 is 24.0 Å². The summed E-state index contributed by atoms with van der Waals surface area (Å²) in [7, 11) is 0. The minimum Gasteiger partial charge on any atom is -0.466 e. The van der Waals surface area contributed by atoms with Crippen molar-refractivity contribution in [3.63, 3.8) is 0 Å². The molecule has 0 amide bonds. The van der Waals surface area contributed by atoms with Gasteiger partial charge in [-0.3, -0.25) is 14.7 Å². The SMILES string of the molecule is CCNC(=NCC(C)(C)N1CCc2ccccc2C1)N1CCC(C(=O)OCC)CC1.I. The zero-order valence-corrected chi connectivity index (χ0v) is 21.9. The number of carbonyl (C=O) groups is 1.